The van der Waals surface area contributed by atoms with E-state index in [1.165, 1.54) is 0 Å². The Morgan fingerprint density at radius 1 is 1.00 bits per heavy atom. The number of aromatic nitrogens is 1. The first-order valence-electron chi connectivity index (χ1n) is 10.2. The number of aromatic amines is 1. The van der Waals surface area contributed by atoms with Gasteiger partial charge in [-0.2, -0.15) is 13.2 Å². The summed E-state index contributed by atoms with van der Waals surface area (Å²) in [5, 5.41) is 2.79. The summed E-state index contributed by atoms with van der Waals surface area (Å²) in [4.78, 5) is 26.7. The molecule has 2 unspecified atom stereocenters. The highest BCUT2D eigenvalue weighted by molar-refractivity contribution is 5.94. The lowest BCUT2D eigenvalue weighted by atomic mass is 9.93. The van der Waals surface area contributed by atoms with E-state index in [0.717, 1.165) is 35.8 Å². The third-order valence-corrected chi connectivity index (χ3v) is 5.54. The zero-order valence-corrected chi connectivity index (χ0v) is 17.0. The average Bonchev–Trinajstić information content (AvgIpc) is 3.32. The molecule has 1 amide bonds. The van der Waals surface area contributed by atoms with Crippen molar-refractivity contribution in [1.29, 1.82) is 0 Å². The lowest BCUT2D eigenvalue weighted by Crippen LogP contribution is -2.34. The number of halogens is 3. The number of carbonyl (C=O) groups excluding carboxylic acids is 1. The zero-order valence-electron chi connectivity index (χ0n) is 17.0. The second-order valence-electron chi connectivity index (χ2n) is 7.66. The maximum absolute atomic E-state index is 12.8. The highest BCUT2D eigenvalue weighted by Gasteiger charge is 2.32. The van der Waals surface area contributed by atoms with Crippen LogP contribution < -0.4 is 10.9 Å². The lowest BCUT2D eigenvalue weighted by Gasteiger charge is -2.21. The highest BCUT2D eigenvalue weighted by atomic mass is 19.4. The molecule has 1 aliphatic heterocycles. The van der Waals surface area contributed by atoms with E-state index >= 15 is 0 Å². The molecular weight excluding hydrogens is 421 g/mol. The maximum Gasteiger partial charge on any atom is 0.431 e. The second-order valence-corrected chi connectivity index (χ2v) is 7.66. The van der Waals surface area contributed by atoms with Crippen LogP contribution in [0, 0.1) is 0 Å². The summed E-state index contributed by atoms with van der Waals surface area (Å²) < 4.78 is 43.9. The van der Waals surface area contributed by atoms with Gasteiger partial charge in [-0.1, -0.05) is 54.6 Å². The first-order chi connectivity index (χ1) is 15.3. The van der Waals surface area contributed by atoms with E-state index in [1.54, 1.807) is 4.98 Å². The number of rotatable bonds is 5. The Balaban J connectivity index is 1.62. The Bertz CT molecular complexity index is 1140. The van der Waals surface area contributed by atoms with Gasteiger partial charge in [0.05, 0.1) is 12.6 Å². The minimum atomic E-state index is -4.70. The zero-order chi connectivity index (χ0) is 22.7. The van der Waals surface area contributed by atoms with Gasteiger partial charge >= 0.3 is 6.18 Å². The Hall–Kier alpha value is -3.39. The van der Waals surface area contributed by atoms with E-state index in [1.807, 2.05) is 54.6 Å². The van der Waals surface area contributed by atoms with Crippen molar-refractivity contribution in [2.24, 2.45) is 0 Å². The molecule has 4 rings (SSSR count). The van der Waals surface area contributed by atoms with Gasteiger partial charge in [0, 0.05) is 12.5 Å². The SMILES string of the molecule is O=C(NC(c1ccccc1)c1ccc(C2CCOC2)cc1)c1ccc(C(F)(F)F)[nH]c1=O. The van der Waals surface area contributed by atoms with Gasteiger partial charge in [0.15, 0.2) is 0 Å². The summed E-state index contributed by atoms with van der Waals surface area (Å²) >= 11 is 0. The van der Waals surface area contributed by atoms with E-state index in [-0.39, 0.29) is 0 Å². The molecule has 0 bridgehead atoms. The molecule has 2 aromatic carbocycles. The maximum atomic E-state index is 12.8. The molecule has 2 N–H and O–H groups in total. The van der Waals surface area contributed by atoms with Crippen LogP contribution in [0.3, 0.4) is 0 Å². The van der Waals surface area contributed by atoms with Gasteiger partial charge in [-0.25, -0.2) is 0 Å². The van der Waals surface area contributed by atoms with Crippen LogP contribution in [0.1, 0.15) is 51.1 Å². The van der Waals surface area contributed by atoms with Crippen LogP contribution in [0.2, 0.25) is 0 Å². The molecule has 0 aliphatic carbocycles. The van der Waals surface area contributed by atoms with Crippen molar-refractivity contribution < 1.29 is 22.7 Å². The van der Waals surface area contributed by atoms with E-state index in [0.29, 0.717) is 18.6 Å². The number of pyridine rings is 1. The number of ether oxygens (including phenoxy) is 1. The molecule has 2 atom stereocenters. The number of hydrogen-bond acceptors (Lipinski definition) is 3. The van der Waals surface area contributed by atoms with Crippen molar-refractivity contribution in [2.45, 2.75) is 24.6 Å². The van der Waals surface area contributed by atoms with E-state index in [4.69, 9.17) is 4.74 Å². The summed E-state index contributed by atoms with van der Waals surface area (Å²) in [6, 6.07) is 17.9. The van der Waals surface area contributed by atoms with Gasteiger partial charge in [0.25, 0.3) is 11.5 Å². The minimum Gasteiger partial charge on any atom is -0.381 e. The van der Waals surface area contributed by atoms with Crippen LogP contribution in [0.15, 0.2) is 71.5 Å². The molecule has 8 heteroatoms. The number of alkyl halides is 3. The molecule has 1 fully saturated rings. The molecule has 1 saturated heterocycles. The highest BCUT2D eigenvalue weighted by Crippen LogP contribution is 2.29. The van der Waals surface area contributed by atoms with Gasteiger partial charge in [0.2, 0.25) is 0 Å². The van der Waals surface area contributed by atoms with Crippen molar-refractivity contribution in [2.75, 3.05) is 13.2 Å². The van der Waals surface area contributed by atoms with Gasteiger partial charge in [0.1, 0.15) is 11.3 Å². The Morgan fingerprint density at radius 2 is 1.69 bits per heavy atom. The van der Waals surface area contributed by atoms with Gasteiger partial charge in [-0.3, -0.25) is 9.59 Å². The number of hydrogen-bond donors (Lipinski definition) is 2. The average molecular weight is 442 g/mol. The van der Waals surface area contributed by atoms with Crippen molar-refractivity contribution in [1.82, 2.24) is 10.3 Å². The molecule has 32 heavy (non-hydrogen) atoms. The monoisotopic (exact) mass is 442 g/mol. The molecule has 5 nitrogen and oxygen atoms in total. The fourth-order valence-corrected chi connectivity index (χ4v) is 3.79. The Kier molecular flexibility index (Phi) is 6.14. The third kappa shape index (κ3) is 4.75. The van der Waals surface area contributed by atoms with Crippen molar-refractivity contribution in [3.63, 3.8) is 0 Å². The van der Waals surface area contributed by atoms with Crippen LogP contribution in [0.5, 0.6) is 0 Å². The molecule has 0 spiro atoms. The third-order valence-electron chi connectivity index (χ3n) is 5.54. The first kappa shape index (κ1) is 21.8. The number of H-pyrrole nitrogens is 1. The molecule has 3 aromatic rings. The summed E-state index contributed by atoms with van der Waals surface area (Å²) in [6.45, 7) is 1.41. The van der Waals surface area contributed by atoms with Crippen LogP contribution in [0.4, 0.5) is 13.2 Å². The van der Waals surface area contributed by atoms with Crippen LogP contribution in [-0.2, 0) is 10.9 Å². The van der Waals surface area contributed by atoms with E-state index in [9.17, 15) is 22.8 Å². The van der Waals surface area contributed by atoms with Crippen LogP contribution in [-0.4, -0.2) is 24.1 Å². The fourth-order valence-electron chi connectivity index (χ4n) is 3.79. The van der Waals surface area contributed by atoms with Crippen LogP contribution >= 0.6 is 0 Å². The lowest BCUT2D eigenvalue weighted by molar-refractivity contribution is -0.141. The van der Waals surface area contributed by atoms with Gasteiger partial charge in [-0.05, 0) is 35.2 Å². The molecule has 1 aliphatic rings. The predicted octanol–water partition coefficient (Wildman–Crippen LogP) is 4.42. The van der Waals surface area contributed by atoms with Crippen LogP contribution in [0.25, 0.3) is 0 Å². The Morgan fingerprint density at radius 3 is 2.28 bits per heavy atom. The fraction of sp³-hybridized carbons (Fsp3) is 0.250. The topological polar surface area (TPSA) is 71.2 Å². The molecule has 2 heterocycles. The normalized spacial score (nSPS) is 17.2. The summed E-state index contributed by atoms with van der Waals surface area (Å²) in [6.07, 6.45) is -3.75. The second kappa shape index (κ2) is 9.00. The first-order valence-corrected chi connectivity index (χ1v) is 10.2. The van der Waals surface area contributed by atoms with Crippen molar-refractivity contribution in [3.05, 3.63) is 105 Å². The van der Waals surface area contributed by atoms with Crippen molar-refractivity contribution >= 4 is 5.91 Å². The predicted molar refractivity (Wildman–Crippen MR) is 112 cm³/mol. The number of carbonyl (C=O) groups is 1. The standard InChI is InChI=1S/C24H21F3N2O3/c25-24(26,27)20-11-10-19(22(30)28-20)23(31)29-21(16-4-2-1-3-5-16)17-8-6-15(7-9-17)18-12-13-32-14-18/h1-11,18,21H,12-14H2,(H,28,30)(H,29,31). The number of nitrogens with one attached hydrogen (secondary N) is 2. The molecule has 0 saturated carbocycles. The van der Waals surface area contributed by atoms with Gasteiger partial charge in [-0.15, -0.1) is 0 Å². The summed E-state index contributed by atoms with van der Waals surface area (Å²) in [5.41, 5.74) is 0.0183. The molecule has 0 radical (unpaired) electrons. The quantitative estimate of drug-likeness (QED) is 0.615. The smallest absolute Gasteiger partial charge is 0.381 e. The minimum absolute atomic E-state index is 0.333. The molecular formula is C24H21F3N2O3. The van der Waals surface area contributed by atoms with Crippen molar-refractivity contribution in [3.8, 4) is 0 Å². The van der Waals surface area contributed by atoms with E-state index < -0.39 is 34.9 Å². The number of amides is 1. The number of benzene rings is 2. The largest absolute Gasteiger partial charge is 0.431 e. The Labute approximate surface area is 182 Å². The molecule has 1 aromatic heterocycles. The summed E-state index contributed by atoms with van der Waals surface area (Å²) in [5.74, 6) is -0.429. The van der Waals surface area contributed by atoms with E-state index in [2.05, 4.69) is 5.32 Å². The summed E-state index contributed by atoms with van der Waals surface area (Å²) in [7, 11) is 0. The molecule has 166 valence electrons. The van der Waals surface area contributed by atoms with Gasteiger partial charge < -0.3 is 15.0 Å².